The van der Waals surface area contributed by atoms with Gasteiger partial charge in [-0.25, -0.2) is 0 Å². The maximum Gasteiger partial charge on any atom is 0.323 e. The molecule has 0 rings (SSSR count). The molecule has 1 atom stereocenters. The van der Waals surface area contributed by atoms with Gasteiger partial charge in [0.25, 0.3) is 0 Å². The lowest BCUT2D eigenvalue weighted by atomic mass is 10.1. The maximum absolute atomic E-state index is 11.8. The highest BCUT2D eigenvalue weighted by molar-refractivity contribution is 5.76. The molecule has 0 saturated heterocycles. The van der Waals surface area contributed by atoms with Gasteiger partial charge in [0.2, 0.25) is 0 Å². The largest absolute Gasteiger partial charge is 0.459 e. The third-order valence-corrected chi connectivity index (χ3v) is 2.39. The van der Waals surface area contributed by atoms with E-state index in [4.69, 9.17) is 4.74 Å². The van der Waals surface area contributed by atoms with Crippen LogP contribution in [0.25, 0.3) is 0 Å². The van der Waals surface area contributed by atoms with Gasteiger partial charge in [0.05, 0.1) is 0 Å². The van der Waals surface area contributed by atoms with Crippen LogP contribution >= 0.6 is 0 Å². The molecule has 0 aromatic rings. The summed E-state index contributed by atoms with van der Waals surface area (Å²) in [4.78, 5) is 11.8. The van der Waals surface area contributed by atoms with Gasteiger partial charge in [0, 0.05) is 0 Å². The van der Waals surface area contributed by atoms with Gasteiger partial charge in [0.15, 0.2) is 0 Å². The Labute approximate surface area is 99.9 Å². The fraction of sp³-hybridized carbons (Fsp3) is 0.923. The summed E-state index contributed by atoms with van der Waals surface area (Å²) in [6, 6.07) is -0.156. The van der Waals surface area contributed by atoms with Crippen LogP contribution in [0.2, 0.25) is 0 Å². The van der Waals surface area contributed by atoms with Crippen LogP contribution in [0, 0.1) is 0 Å². The summed E-state index contributed by atoms with van der Waals surface area (Å²) in [6.07, 6.45) is 5.60. The van der Waals surface area contributed by atoms with Gasteiger partial charge in [-0.05, 0) is 34.2 Å². The van der Waals surface area contributed by atoms with Crippen molar-refractivity contribution in [3.63, 3.8) is 0 Å². The Balaban J connectivity index is 3.93. The molecule has 96 valence electrons. The lowest BCUT2D eigenvalue weighted by Gasteiger charge is -2.23. The van der Waals surface area contributed by atoms with Crippen LogP contribution in [0.3, 0.4) is 0 Å². The predicted molar refractivity (Wildman–Crippen MR) is 67.5 cm³/mol. The number of nitrogens with one attached hydrogen (secondary N) is 1. The van der Waals surface area contributed by atoms with Crippen molar-refractivity contribution in [3.05, 3.63) is 0 Å². The average molecular weight is 229 g/mol. The summed E-state index contributed by atoms with van der Waals surface area (Å²) in [5.74, 6) is -0.133. The molecule has 0 heterocycles. The summed E-state index contributed by atoms with van der Waals surface area (Å²) >= 11 is 0. The first-order chi connectivity index (χ1) is 7.40. The van der Waals surface area contributed by atoms with Crippen molar-refractivity contribution in [2.24, 2.45) is 0 Å². The van der Waals surface area contributed by atoms with E-state index in [0.29, 0.717) is 0 Å². The van der Waals surface area contributed by atoms with Gasteiger partial charge in [0.1, 0.15) is 11.6 Å². The van der Waals surface area contributed by atoms with E-state index in [1.54, 1.807) is 0 Å². The van der Waals surface area contributed by atoms with Crippen molar-refractivity contribution in [2.75, 3.05) is 7.05 Å². The van der Waals surface area contributed by atoms with E-state index >= 15 is 0 Å². The molecule has 0 bridgehead atoms. The summed E-state index contributed by atoms with van der Waals surface area (Å²) in [5.41, 5.74) is -0.393. The Kier molecular flexibility index (Phi) is 7.39. The molecule has 0 aliphatic heterocycles. The highest BCUT2D eigenvalue weighted by Crippen LogP contribution is 2.12. The van der Waals surface area contributed by atoms with Crippen LogP contribution in [0.1, 0.15) is 59.8 Å². The molecule has 3 heteroatoms. The summed E-state index contributed by atoms with van der Waals surface area (Å²) in [7, 11) is 1.81. The molecule has 0 radical (unpaired) electrons. The van der Waals surface area contributed by atoms with Crippen LogP contribution < -0.4 is 5.32 Å². The Morgan fingerprint density at radius 1 is 1.25 bits per heavy atom. The van der Waals surface area contributed by atoms with Gasteiger partial charge in [-0.15, -0.1) is 0 Å². The van der Waals surface area contributed by atoms with Gasteiger partial charge >= 0.3 is 5.97 Å². The van der Waals surface area contributed by atoms with E-state index in [9.17, 15) is 4.79 Å². The van der Waals surface area contributed by atoms with Crippen molar-refractivity contribution >= 4 is 5.97 Å². The molecule has 0 aliphatic carbocycles. The smallest absolute Gasteiger partial charge is 0.323 e. The lowest BCUT2D eigenvalue weighted by molar-refractivity contribution is -0.157. The standard InChI is InChI=1S/C13H27NO2/c1-6-7-8-9-10-11(14-5)12(15)16-13(2,3)4/h11,14H,6-10H2,1-5H3. The second-order valence-corrected chi connectivity index (χ2v) is 5.22. The molecule has 0 aromatic heterocycles. The van der Waals surface area contributed by atoms with Gasteiger partial charge in [-0.1, -0.05) is 32.6 Å². The fourth-order valence-electron chi connectivity index (χ4n) is 1.53. The van der Waals surface area contributed by atoms with Crippen molar-refractivity contribution < 1.29 is 9.53 Å². The zero-order valence-electron chi connectivity index (χ0n) is 11.4. The van der Waals surface area contributed by atoms with Crippen LogP contribution in [0.4, 0.5) is 0 Å². The number of hydrogen-bond acceptors (Lipinski definition) is 3. The van der Waals surface area contributed by atoms with E-state index < -0.39 is 5.60 Å². The number of unbranched alkanes of at least 4 members (excludes halogenated alkanes) is 3. The number of carbonyl (C=O) groups excluding carboxylic acids is 1. The number of carbonyl (C=O) groups is 1. The Bertz CT molecular complexity index is 197. The minimum atomic E-state index is -0.393. The monoisotopic (exact) mass is 229 g/mol. The number of hydrogen-bond donors (Lipinski definition) is 1. The molecule has 16 heavy (non-hydrogen) atoms. The van der Waals surface area contributed by atoms with E-state index in [1.165, 1.54) is 19.3 Å². The third-order valence-electron chi connectivity index (χ3n) is 2.39. The molecular formula is C13H27NO2. The SMILES string of the molecule is CCCCCCC(NC)C(=O)OC(C)(C)C. The predicted octanol–water partition coefficient (Wildman–Crippen LogP) is 2.89. The first-order valence-corrected chi connectivity index (χ1v) is 6.31. The van der Waals surface area contributed by atoms with Crippen LogP contribution in [0.15, 0.2) is 0 Å². The van der Waals surface area contributed by atoms with E-state index in [0.717, 1.165) is 12.8 Å². The van der Waals surface area contributed by atoms with E-state index in [-0.39, 0.29) is 12.0 Å². The highest BCUT2D eigenvalue weighted by atomic mass is 16.6. The fourth-order valence-corrected chi connectivity index (χ4v) is 1.53. The molecule has 0 amide bonds. The summed E-state index contributed by atoms with van der Waals surface area (Å²) in [5, 5.41) is 3.03. The quantitative estimate of drug-likeness (QED) is 0.539. The average Bonchev–Trinajstić information content (AvgIpc) is 2.15. The highest BCUT2D eigenvalue weighted by Gasteiger charge is 2.23. The van der Waals surface area contributed by atoms with Crippen LogP contribution in [0.5, 0.6) is 0 Å². The molecule has 0 aliphatic rings. The Morgan fingerprint density at radius 2 is 1.88 bits per heavy atom. The second-order valence-electron chi connectivity index (χ2n) is 5.22. The minimum absolute atomic E-state index is 0.133. The first kappa shape index (κ1) is 15.4. The van der Waals surface area contributed by atoms with Crippen LogP contribution in [-0.2, 0) is 9.53 Å². The van der Waals surface area contributed by atoms with Gasteiger partial charge in [-0.2, -0.15) is 0 Å². The number of esters is 1. The maximum atomic E-state index is 11.8. The first-order valence-electron chi connectivity index (χ1n) is 6.31. The number of likely N-dealkylation sites (N-methyl/N-ethyl adjacent to an activating group) is 1. The van der Waals surface area contributed by atoms with Crippen molar-refractivity contribution in [1.29, 1.82) is 0 Å². The van der Waals surface area contributed by atoms with Crippen molar-refractivity contribution in [2.45, 2.75) is 71.4 Å². The van der Waals surface area contributed by atoms with E-state index in [1.807, 2.05) is 27.8 Å². The molecule has 1 N–H and O–H groups in total. The molecule has 0 fully saturated rings. The second kappa shape index (κ2) is 7.66. The van der Waals surface area contributed by atoms with E-state index in [2.05, 4.69) is 12.2 Å². The van der Waals surface area contributed by atoms with Gasteiger partial charge in [-0.3, -0.25) is 4.79 Å². The molecular weight excluding hydrogens is 202 g/mol. The van der Waals surface area contributed by atoms with Crippen LogP contribution in [-0.4, -0.2) is 24.7 Å². The minimum Gasteiger partial charge on any atom is -0.459 e. The lowest BCUT2D eigenvalue weighted by Crippen LogP contribution is -2.39. The summed E-state index contributed by atoms with van der Waals surface area (Å²) in [6.45, 7) is 7.88. The summed E-state index contributed by atoms with van der Waals surface area (Å²) < 4.78 is 5.35. The molecule has 0 spiro atoms. The zero-order chi connectivity index (χ0) is 12.6. The van der Waals surface area contributed by atoms with Gasteiger partial charge < -0.3 is 10.1 Å². The normalized spacial score (nSPS) is 13.6. The number of ether oxygens (including phenoxy) is 1. The molecule has 0 aromatic carbocycles. The third kappa shape index (κ3) is 7.69. The number of rotatable bonds is 7. The molecule has 1 unspecified atom stereocenters. The Morgan fingerprint density at radius 3 is 2.31 bits per heavy atom. The zero-order valence-corrected chi connectivity index (χ0v) is 11.4. The topological polar surface area (TPSA) is 38.3 Å². The van der Waals surface area contributed by atoms with Crippen molar-refractivity contribution in [1.82, 2.24) is 5.32 Å². The Hall–Kier alpha value is -0.570. The molecule has 3 nitrogen and oxygen atoms in total. The van der Waals surface area contributed by atoms with Crippen molar-refractivity contribution in [3.8, 4) is 0 Å². The molecule has 0 saturated carbocycles.